The summed E-state index contributed by atoms with van der Waals surface area (Å²) in [4.78, 5) is 26.1. The molecule has 1 heterocycles. The quantitative estimate of drug-likeness (QED) is 0.737. The van der Waals surface area contributed by atoms with Gasteiger partial charge in [0.25, 0.3) is 5.91 Å². The first kappa shape index (κ1) is 19.6. The largest absolute Gasteiger partial charge is 0.452 e. The number of hydrogen-bond acceptors (Lipinski definition) is 6. The molecule has 3 rings (SSSR count). The van der Waals surface area contributed by atoms with Crippen LogP contribution in [-0.2, 0) is 9.53 Å². The lowest BCUT2D eigenvalue weighted by Crippen LogP contribution is -2.21. The van der Waals surface area contributed by atoms with E-state index in [4.69, 9.17) is 4.74 Å². The Bertz CT molecular complexity index is 786. The van der Waals surface area contributed by atoms with Gasteiger partial charge in [-0.2, -0.15) is 0 Å². The first-order valence-electron chi connectivity index (χ1n) is 8.60. The fraction of sp³-hybridized carbons (Fsp3) is 0.300. The van der Waals surface area contributed by atoms with Crippen LogP contribution in [0.1, 0.15) is 20.5 Å². The molecule has 0 bridgehead atoms. The number of esters is 1. The average molecular weight is 403 g/mol. The van der Waals surface area contributed by atoms with Crippen LogP contribution in [0.25, 0.3) is 0 Å². The third-order valence-electron chi connectivity index (χ3n) is 4.04. The van der Waals surface area contributed by atoms with Gasteiger partial charge >= 0.3 is 5.97 Å². The second kappa shape index (κ2) is 9.19. The summed E-state index contributed by atoms with van der Waals surface area (Å²) in [5, 5.41) is 2.72. The fourth-order valence-electron chi connectivity index (χ4n) is 2.58. The molecule has 1 aliphatic rings. The van der Waals surface area contributed by atoms with E-state index in [1.54, 1.807) is 12.1 Å². The molecule has 7 heteroatoms. The Hall–Kier alpha value is -2.12. The number of rotatable bonds is 6. The third-order valence-corrected chi connectivity index (χ3v) is 7.15. The Morgan fingerprint density at radius 3 is 2.26 bits per heavy atom. The van der Waals surface area contributed by atoms with Gasteiger partial charge in [0.2, 0.25) is 0 Å². The number of carbonyl (C=O) groups is 2. The number of hydrogen-bond donors (Lipinski definition) is 1. The van der Waals surface area contributed by atoms with Crippen molar-refractivity contribution < 1.29 is 14.3 Å². The van der Waals surface area contributed by atoms with Crippen molar-refractivity contribution in [2.45, 2.75) is 4.58 Å². The highest BCUT2D eigenvalue weighted by atomic mass is 32.2. The van der Waals surface area contributed by atoms with E-state index in [-0.39, 0.29) is 12.5 Å². The zero-order valence-corrected chi connectivity index (χ0v) is 16.9. The van der Waals surface area contributed by atoms with Gasteiger partial charge in [0, 0.05) is 37.0 Å². The van der Waals surface area contributed by atoms with Crippen LogP contribution in [0.15, 0.2) is 48.5 Å². The molecule has 1 aliphatic heterocycles. The second-order valence-corrected chi connectivity index (χ2v) is 8.99. The molecule has 5 nitrogen and oxygen atoms in total. The predicted molar refractivity (Wildman–Crippen MR) is 114 cm³/mol. The van der Waals surface area contributed by atoms with Crippen LogP contribution in [0.2, 0.25) is 0 Å². The molecule has 2 aromatic rings. The molecule has 0 aromatic heterocycles. The zero-order valence-electron chi connectivity index (χ0n) is 15.3. The Kier molecular flexibility index (Phi) is 6.68. The number of ether oxygens (including phenoxy) is 1. The summed E-state index contributed by atoms with van der Waals surface area (Å²) in [5.41, 5.74) is 3.36. The second-order valence-electron chi connectivity index (χ2n) is 6.26. The summed E-state index contributed by atoms with van der Waals surface area (Å²) in [7, 11) is 3.90. The zero-order chi connectivity index (χ0) is 19.2. The van der Waals surface area contributed by atoms with Crippen LogP contribution in [0.5, 0.6) is 0 Å². The molecule has 0 atom stereocenters. The number of anilines is 2. The number of carbonyl (C=O) groups excluding carboxylic acids is 2. The van der Waals surface area contributed by atoms with Gasteiger partial charge in [0.15, 0.2) is 6.61 Å². The van der Waals surface area contributed by atoms with Crippen LogP contribution in [0.4, 0.5) is 11.4 Å². The maximum Gasteiger partial charge on any atom is 0.338 e. The van der Waals surface area contributed by atoms with Crippen molar-refractivity contribution in [3.63, 3.8) is 0 Å². The smallest absolute Gasteiger partial charge is 0.338 e. The van der Waals surface area contributed by atoms with Crippen LogP contribution in [-0.4, -0.2) is 44.1 Å². The highest BCUT2D eigenvalue weighted by molar-refractivity contribution is 8.19. The lowest BCUT2D eigenvalue weighted by atomic mass is 10.1. The van der Waals surface area contributed by atoms with Crippen LogP contribution < -0.4 is 10.2 Å². The first-order valence-corrected chi connectivity index (χ1v) is 10.7. The minimum atomic E-state index is -0.494. The molecule has 1 saturated heterocycles. The van der Waals surface area contributed by atoms with Crippen molar-refractivity contribution in [2.75, 3.05) is 42.4 Å². The van der Waals surface area contributed by atoms with E-state index in [9.17, 15) is 9.59 Å². The van der Waals surface area contributed by atoms with E-state index >= 15 is 0 Å². The highest BCUT2D eigenvalue weighted by Crippen LogP contribution is 2.45. The van der Waals surface area contributed by atoms with Gasteiger partial charge in [-0.3, -0.25) is 4.79 Å². The van der Waals surface area contributed by atoms with Gasteiger partial charge < -0.3 is 15.0 Å². The van der Waals surface area contributed by atoms with Crippen LogP contribution >= 0.6 is 23.5 Å². The standard InChI is InChI=1S/C20H22N2O3S2/c1-22(2)17-9-7-16(8-10-17)21-18(23)13-25-19(24)14-3-5-15(6-4-14)20-26-11-12-27-20/h3-10,20H,11-13H2,1-2H3,(H,21,23). The molecule has 0 unspecified atom stereocenters. The topological polar surface area (TPSA) is 58.6 Å². The predicted octanol–water partition coefficient (Wildman–Crippen LogP) is 4.03. The van der Waals surface area contributed by atoms with Crippen molar-refractivity contribution >= 4 is 46.8 Å². The summed E-state index contributed by atoms with van der Waals surface area (Å²) in [6.45, 7) is -0.315. The molecule has 1 fully saturated rings. The van der Waals surface area contributed by atoms with Gasteiger partial charge in [-0.05, 0) is 42.0 Å². The maximum atomic E-state index is 12.1. The molecule has 27 heavy (non-hydrogen) atoms. The number of nitrogens with one attached hydrogen (secondary N) is 1. The van der Waals surface area contributed by atoms with Crippen molar-refractivity contribution in [2.24, 2.45) is 0 Å². The van der Waals surface area contributed by atoms with Crippen molar-refractivity contribution in [3.8, 4) is 0 Å². The van der Waals surface area contributed by atoms with Crippen molar-refractivity contribution in [3.05, 3.63) is 59.7 Å². The lowest BCUT2D eigenvalue weighted by Gasteiger charge is -2.13. The van der Waals surface area contributed by atoms with E-state index < -0.39 is 5.97 Å². The SMILES string of the molecule is CN(C)c1ccc(NC(=O)COC(=O)c2ccc(C3SCCS3)cc2)cc1. The Labute approximate surface area is 167 Å². The Balaban J connectivity index is 1.48. The molecular weight excluding hydrogens is 380 g/mol. The van der Waals surface area contributed by atoms with Gasteiger partial charge in [0.1, 0.15) is 0 Å². The molecule has 0 aliphatic carbocycles. The van der Waals surface area contributed by atoms with Gasteiger partial charge in [-0.15, -0.1) is 23.5 Å². The molecule has 0 radical (unpaired) electrons. The van der Waals surface area contributed by atoms with Crippen LogP contribution in [0.3, 0.4) is 0 Å². The monoisotopic (exact) mass is 402 g/mol. The Morgan fingerprint density at radius 1 is 1.04 bits per heavy atom. The Morgan fingerprint density at radius 2 is 1.67 bits per heavy atom. The third kappa shape index (κ3) is 5.43. The van der Waals surface area contributed by atoms with Crippen LogP contribution in [0, 0.1) is 0 Å². The molecular formula is C20H22N2O3S2. The van der Waals surface area contributed by atoms with E-state index in [1.165, 1.54) is 5.56 Å². The fourth-order valence-corrected chi connectivity index (χ4v) is 5.44. The highest BCUT2D eigenvalue weighted by Gasteiger charge is 2.19. The van der Waals surface area contributed by atoms with Crippen molar-refractivity contribution in [1.29, 1.82) is 0 Å². The number of benzene rings is 2. The molecule has 2 aromatic carbocycles. The van der Waals surface area contributed by atoms with E-state index in [2.05, 4.69) is 5.32 Å². The molecule has 1 N–H and O–H groups in total. The minimum Gasteiger partial charge on any atom is -0.452 e. The first-order chi connectivity index (χ1) is 13.0. The van der Waals surface area contributed by atoms with Gasteiger partial charge in [0.05, 0.1) is 10.1 Å². The lowest BCUT2D eigenvalue weighted by molar-refractivity contribution is -0.119. The molecule has 0 spiro atoms. The van der Waals surface area contributed by atoms with E-state index in [1.807, 2.05) is 78.9 Å². The maximum absolute atomic E-state index is 12.1. The summed E-state index contributed by atoms with van der Waals surface area (Å²) < 4.78 is 5.56. The average Bonchev–Trinajstić information content (AvgIpc) is 3.21. The summed E-state index contributed by atoms with van der Waals surface area (Å²) in [6, 6.07) is 14.9. The molecule has 142 valence electrons. The number of thioether (sulfide) groups is 2. The molecule has 0 saturated carbocycles. The molecule has 1 amide bonds. The summed E-state index contributed by atoms with van der Waals surface area (Å²) in [5.74, 6) is 1.46. The van der Waals surface area contributed by atoms with E-state index in [0.29, 0.717) is 15.8 Å². The number of amides is 1. The van der Waals surface area contributed by atoms with E-state index in [0.717, 1.165) is 17.2 Å². The van der Waals surface area contributed by atoms with Crippen molar-refractivity contribution in [1.82, 2.24) is 0 Å². The summed E-state index contributed by atoms with van der Waals surface area (Å²) in [6.07, 6.45) is 0. The summed E-state index contributed by atoms with van der Waals surface area (Å²) >= 11 is 3.84. The normalized spacial score (nSPS) is 14.0. The minimum absolute atomic E-state index is 0.315. The van der Waals surface area contributed by atoms with Gasteiger partial charge in [-0.25, -0.2) is 4.79 Å². The van der Waals surface area contributed by atoms with Gasteiger partial charge in [-0.1, -0.05) is 12.1 Å². The number of nitrogens with zero attached hydrogens (tertiary/aromatic N) is 1.